The monoisotopic (exact) mass is 266 g/mol. The first kappa shape index (κ1) is 13.7. The molecule has 0 aliphatic rings. The van der Waals surface area contributed by atoms with Crippen molar-refractivity contribution in [3.8, 4) is 0 Å². The molecule has 0 aromatic heterocycles. The topological polar surface area (TPSA) is 9.23 Å². The molecule has 0 radical (unpaired) electrons. The van der Waals surface area contributed by atoms with E-state index in [4.69, 9.17) is 4.43 Å². The number of rotatable bonds is 6. The first-order valence-corrected chi connectivity index (χ1v) is 9.68. The van der Waals surface area contributed by atoms with Gasteiger partial charge in [-0.05, 0) is 38.9 Å². The molecule has 0 saturated carbocycles. The van der Waals surface area contributed by atoms with Gasteiger partial charge in [0.15, 0.2) is 8.32 Å². The quantitative estimate of drug-likeness (QED) is 0.518. The van der Waals surface area contributed by atoms with Crippen LogP contribution in [0.5, 0.6) is 0 Å². The smallest absolute Gasteiger partial charge is 0.184 e. The molecule has 0 fully saturated rings. The van der Waals surface area contributed by atoms with Crippen molar-refractivity contribution in [3.05, 3.63) is 0 Å². The SMILES string of the molecule is CCC(CC)(CCBr)O[Si](C)(C)C. The molecule has 0 saturated heterocycles. The highest BCUT2D eigenvalue weighted by Gasteiger charge is 2.31. The molecule has 0 heterocycles. The zero-order chi connectivity index (χ0) is 10.5. The number of hydrogen-bond acceptors (Lipinski definition) is 1. The summed E-state index contributed by atoms with van der Waals surface area (Å²) in [4.78, 5) is 0. The summed E-state index contributed by atoms with van der Waals surface area (Å²) < 4.78 is 6.27. The Morgan fingerprint density at radius 2 is 1.62 bits per heavy atom. The normalized spacial score (nSPS) is 13.4. The molecular formula is C10H23BrOSi. The summed E-state index contributed by atoms with van der Waals surface area (Å²) in [6, 6.07) is 0. The van der Waals surface area contributed by atoms with E-state index in [2.05, 4.69) is 49.4 Å². The van der Waals surface area contributed by atoms with Crippen molar-refractivity contribution >= 4 is 24.2 Å². The van der Waals surface area contributed by atoms with E-state index in [-0.39, 0.29) is 5.60 Å². The Balaban J connectivity index is 4.38. The van der Waals surface area contributed by atoms with Gasteiger partial charge < -0.3 is 4.43 Å². The van der Waals surface area contributed by atoms with Crippen LogP contribution >= 0.6 is 15.9 Å². The second kappa shape index (κ2) is 5.52. The van der Waals surface area contributed by atoms with Crippen molar-refractivity contribution in [2.75, 3.05) is 5.33 Å². The summed E-state index contributed by atoms with van der Waals surface area (Å²) in [6.45, 7) is 11.3. The highest BCUT2D eigenvalue weighted by molar-refractivity contribution is 9.09. The van der Waals surface area contributed by atoms with Crippen LogP contribution in [0.4, 0.5) is 0 Å². The van der Waals surface area contributed by atoms with Crippen molar-refractivity contribution in [2.45, 2.75) is 58.4 Å². The van der Waals surface area contributed by atoms with E-state index in [1.54, 1.807) is 0 Å². The average molecular weight is 267 g/mol. The predicted octanol–water partition coefficient (Wildman–Crippen LogP) is 4.18. The van der Waals surface area contributed by atoms with Gasteiger partial charge in [-0.2, -0.15) is 0 Å². The molecule has 13 heavy (non-hydrogen) atoms. The van der Waals surface area contributed by atoms with Crippen molar-refractivity contribution in [2.24, 2.45) is 0 Å². The second-order valence-electron chi connectivity index (χ2n) is 4.54. The molecule has 0 aliphatic carbocycles. The fourth-order valence-electron chi connectivity index (χ4n) is 1.62. The number of halogens is 1. The maximum atomic E-state index is 6.27. The molecule has 0 spiro atoms. The average Bonchev–Trinajstić information content (AvgIpc) is 2.01. The van der Waals surface area contributed by atoms with Crippen LogP contribution in [0.2, 0.25) is 19.6 Å². The summed E-state index contributed by atoms with van der Waals surface area (Å²) in [7, 11) is -1.39. The van der Waals surface area contributed by atoms with Crippen LogP contribution in [0.15, 0.2) is 0 Å². The van der Waals surface area contributed by atoms with E-state index in [9.17, 15) is 0 Å². The summed E-state index contributed by atoms with van der Waals surface area (Å²) in [6.07, 6.45) is 3.38. The largest absolute Gasteiger partial charge is 0.412 e. The van der Waals surface area contributed by atoms with Crippen molar-refractivity contribution in [1.82, 2.24) is 0 Å². The predicted molar refractivity (Wildman–Crippen MR) is 66.2 cm³/mol. The van der Waals surface area contributed by atoms with Gasteiger partial charge in [-0.25, -0.2) is 0 Å². The lowest BCUT2D eigenvalue weighted by Gasteiger charge is -2.37. The van der Waals surface area contributed by atoms with Gasteiger partial charge in [-0.15, -0.1) is 0 Å². The van der Waals surface area contributed by atoms with Crippen LogP contribution in [0, 0.1) is 0 Å². The molecule has 80 valence electrons. The van der Waals surface area contributed by atoms with Crippen LogP contribution in [-0.4, -0.2) is 19.2 Å². The molecule has 3 heteroatoms. The maximum Gasteiger partial charge on any atom is 0.184 e. The van der Waals surface area contributed by atoms with Gasteiger partial charge in [0.1, 0.15) is 0 Å². The van der Waals surface area contributed by atoms with E-state index in [0.717, 1.165) is 24.6 Å². The minimum absolute atomic E-state index is 0.133. The lowest BCUT2D eigenvalue weighted by molar-refractivity contribution is 0.0496. The first-order valence-electron chi connectivity index (χ1n) is 5.15. The van der Waals surface area contributed by atoms with Crippen molar-refractivity contribution < 1.29 is 4.43 Å². The lowest BCUT2D eigenvalue weighted by Crippen LogP contribution is -2.42. The van der Waals surface area contributed by atoms with Gasteiger partial charge in [-0.1, -0.05) is 29.8 Å². The minimum Gasteiger partial charge on any atom is -0.412 e. The van der Waals surface area contributed by atoms with E-state index < -0.39 is 8.32 Å². The standard InChI is InChI=1S/C10H23BrOSi/c1-6-10(7-2,8-9-11)12-13(3,4)5/h6-9H2,1-5H3. The highest BCUT2D eigenvalue weighted by Crippen LogP contribution is 2.29. The fourth-order valence-corrected chi connectivity index (χ4v) is 4.03. The Kier molecular flexibility index (Phi) is 5.80. The molecule has 0 atom stereocenters. The lowest BCUT2D eigenvalue weighted by atomic mass is 9.95. The molecule has 0 unspecified atom stereocenters. The summed E-state index contributed by atoms with van der Waals surface area (Å²) >= 11 is 3.51. The molecule has 0 aromatic rings. The molecule has 0 bridgehead atoms. The third-order valence-electron chi connectivity index (χ3n) is 2.36. The Morgan fingerprint density at radius 3 is 1.85 bits per heavy atom. The molecule has 0 rings (SSSR count). The zero-order valence-corrected chi connectivity index (χ0v) is 12.2. The van der Waals surface area contributed by atoms with E-state index >= 15 is 0 Å². The summed E-state index contributed by atoms with van der Waals surface area (Å²) in [5.74, 6) is 0. The maximum absolute atomic E-state index is 6.27. The van der Waals surface area contributed by atoms with Crippen LogP contribution in [0.25, 0.3) is 0 Å². The third-order valence-corrected chi connectivity index (χ3v) is 3.80. The molecule has 1 nitrogen and oxygen atoms in total. The third kappa shape index (κ3) is 5.18. The second-order valence-corrected chi connectivity index (χ2v) is 9.77. The Bertz CT molecular complexity index is 138. The molecular weight excluding hydrogens is 244 g/mol. The van der Waals surface area contributed by atoms with Crippen molar-refractivity contribution in [3.63, 3.8) is 0 Å². The van der Waals surface area contributed by atoms with E-state index in [1.807, 2.05) is 0 Å². The van der Waals surface area contributed by atoms with Gasteiger partial charge in [0, 0.05) is 5.33 Å². The molecule has 0 aliphatic heterocycles. The van der Waals surface area contributed by atoms with Crippen molar-refractivity contribution in [1.29, 1.82) is 0 Å². The summed E-state index contributed by atoms with van der Waals surface area (Å²) in [5.41, 5.74) is 0.133. The minimum atomic E-state index is -1.39. The molecule has 0 amide bonds. The Labute approximate surface area is 92.5 Å². The van der Waals surface area contributed by atoms with Gasteiger partial charge in [0.05, 0.1) is 5.60 Å². The highest BCUT2D eigenvalue weighted by atomic mass is 79.9. The van der Waals surface area contributed by atoms with Crippen LogP contribution in [0.3, 0.4) is 0 Å². The first-order chi connectivity index (χ1) is 5.89. The van der Waals surface area contributed by atoms with Gasteiger partial charge in [-0.3, -0.25) is 0 Å². The molecule has 0 N–H and O–H groups in total. The van der Waals surface area contributed by atoms with Crippen LogP contribution in [-0.2, 0) is 4.43 Å². The zero-order valence-electron chi connectivity index (χ0n) is 9.61. The van der Waals surface area contributed by atoms with Gasteiger partial charge in [0.2, 0.25) is 0 Å². The Hall–Kier alpha value is 0.657. The van der Waals surface area contributed by atoms with E-state index in [0.29, 0.717) is 0 Å². The number of hydrogen-bond donors (Lipinski definition) is 0. The fraction of sp³-hybridized carbons (Fsp3) is 1.00. The summed E-state index contributed by atoms with van der Waals surface area (Å²) in [5, 5.41) is 1.04. The van der Waals surface area contributed by atoms with Gasteiger partial charge >= 0.3 is 0 Å². The molecule has 0 aromatic carbocycles. The van der Waals surface area contributed by atoms with Gasteiger partial charge in [0.25, 0.3) is 0 Å². The van der Waals surface area contributed by atoms with E-state index in [1.165, 1.54) is 0 Å². The Morgan fingerprint density at radius 1 is 1.15 bits per heavy atom. The number of alkyl halides is 1. The van der Waals surface area contributed by atoms with Crippen LogP contribution < -0.4 is 0 Å². The van der Waals surface area contributed by atoms with Crippen LogP contribution in [0.1, 0.15) is 33.1 Å².